The molecule has 0 aliphatic carbocycles. The molecule has 8 heteroatoms. The molecule has 19 heavy (non-hydrogen) atoms. The molecule has 0 aliphatic rings. The lowest BCUT2D eigenvalue weighted by Crippen LogP contribution is -1.94. The van der Waals surface area contributed by atoms with Gasteiger partial charge in [-0.2, -0.15) is 10.5 Å². The first-order valence-corrected chi connectivity index (χ1v) is 5.77. The average molecular weight is 271 g/mol. The number of nitro groups is 1. The van der Waals surface area contributed by atoms with Crippen molar-refractivity contribution in [2.45, 2.75) is 10.1 Å². The highest BCUT2D eigenvalue weighted by molar-refractivity contribution is 7.99. The van der Waals surface area contributed by atoms with Crippen molar-refractivity contribution in [1.29, 1.82) is 10.5 Å². The summed E-state index contributed by atoms with van der Waals surface area (Å²) in [5.74, 6) is 0. The van der Waals surface area contributed by atoms with Gasteiger partial charge in [-0.25, -0.2) is 4.98 Å². The van der Waals surface area contributed by atoms with Crippen LogP contribution < -0.4 is 0 Å². The molecule has 1 aromatic heterocycles. The molecular formula is C11H5N5O2S. The molecule has 0 bridgehead atoms. The van der Waals surface area contributed by atoms with Crippen LogP contribution in [0.25, 0.3) is 0 Å². The number of rotatable bonds is 3. The largest absolute Gasteiger partial charge is 0.339 e. The highest BCUT2D eigenvalue weighted by atomic mass is 32.2. The van der Waals surface area contributed by atoms with Crippen LogP contribution in [0.15, 0.2) is 34.6 Å². The van der Waals surface area contributed by atoms with Gasteiger partial charge in [-0.05, 0) is 0 Å². The fourth-order valence-corrected chi connectivity index (χ4v) is 2.29. The van der Waals surface area contributed by atoms with E-state index in [0.717, 1.165) is 17.8 Å². The highest BCUT2D eigenvalue weighted by Crippen LogP contribution is 2.32. The van der Waals surface area contributed by atoms with Gasteiger partial charge >= 0.3 is 0 Å². The summed E-state index contributed by atoms with van der Waals surface area (Å²) in [5.41, 5.74) is -0.148. The molecule has 1 aromatic carbocycles. The SMILES string of the molecule is N#Cc1cc([N+](=O)[O-])cc(Sc2ncc[nH]2)c1C#N. The van der Waals surface area contributed by atoms with Gasteiger partial charge in [0, 0.05) is 29.4 Å². The summed E-state index contributed by atoms with van der Waals surface area (Å²) in [6.07, 6.45) is 3.12. The molecule has 0 radical (unpaired) electrons. The fraction of sp³-hybridized carbons (Fsp3) is 0. The molecule has 0 amide bonds. The summed E-state index contributed by atoms with van der Waals surface area (Å²) in [4.78, 5) is 17.3. The Hall–Kier alpha value is -2.84. The van der Waals surface area contributed by atoms with E-state index in [4.69, 9.17) is 10.5 Å². The number of benzene rings is 1. The molecule has 0 saturated carbocycles. The van der Waals surface area contributed by atoms with Gasteiger partial charge in [0.25, 0.3) is 5.69 Å². The molecule has 0 atom stereocenters. The smallest absolute Gasteiger partial charge is 0.271 e. The van der Waals surface area contributed by atoms with E-state index in [9.17, 15) is 10.1 Å². The molecule has 0 aliphatic heterocycles. The van der Waals surface area contributed by atoms with Crippen LogP contribution in [0.3, 0.4) is 0 Å². The number of imidazole rings is 1. The van der Waals surface area contributed by atoms with Crippen LogP contribution in [-0.2, 0) is 0 Å². The topological polar surface area (TPSA) is 119 Å². The Labute approximate surface area is 111 Å². The van der Waals surface area contributed by atoms with Gasteiger partial charge in [-0.1, -0.05) is 11.8 Å². The van der Waals surface area contributed by atoms with Gasteiger partial charge in [-0.15, -0.1) is 0 Å². The molecule has 0 saturated heterocycles. The number of nitro benzene ring substituents is 1. The zero-order chi connectivity index (χ0) is 13.8. The molecule has 1 N–H and O–H groups in total. The average Bonchev–Trinajstić information content (AvgIpc) is 2.90. The minimum atomic E-state index is -0.603. The minimum Gasteiger partial charge on any atom is -0.339 e. The first kappa shape index (κ1) is 12.6. The first-order chi connectivity index (χ1) is 9.15. The second-order valence-electron chi connectivity index (χ2n) is 3.34. The lowest BCUT2D eigenvalue weighted by molar-refractivity contribution is -0.385. The van der Waals surface area contributed by atoms with Gasteiger partial charge in [0.15, 0.2) is 5.16 Å². The van der Waals surface area contributed by atoms with Crippen LogP contribution >= 0.6 is 11.8 Å². The third-order valence-electron chi connectivity index (χ3n) is 2.21. The quantitative estimate of drug-likeness (QED) is 0.675. The summed E-state index contributed by atoms with van der Waals surface area (Å²) >= 11 is 1.06. The van der Waals surface area contributed by atoms with Gasteiger partial charge < -0.3 is 4.98 Å². The third-order valence-corrected chi connectivity index (χ3v) is 3.17. The Morgan fingerprint density at radius 1 is 1.37 bits per heavy atom. The van der Waals surface area contributed by atoms with Crippen molar-refractivity contribution in [2.75, 3.05) is 0 Å². The number of H-pyrrole nitrogens is 1. The van der Waals surface area contributed by atoms with E-state index in [1.807, 2.05) is 6.07 Å². The van der Waals surface area contributed by atoms with Crippen molar-refractivity contribution in [3.05, 3.63) is 45.8 Å². The Balaban J connectivity index is 2.57. The lowest BCUT2D eigenvalue weighted by Gasteiger charge is -2.03. The number of non-ortho nitro benzene ring substituents is 1. The minimum absolute atomic E-state index is 0.0224. The van der Waals surface area contributed by atoms with Gasteiger partial charge in [-0.3, -0.25) is 10.1 Å². The van der Waals surface area contributed by atoms with Crippen molar-refractivity contribution in [2.24, 2.45) is 0 Å². The molecular weight excluding hydrogens is 266 g/mol. The van der Waals surface area contributed by atoms with E-state index < -0.39 is 4.92 Å². The zero-order valence-electron chi connectivity index (χ0n) is 9.32. The third kappa shape index (κ3) is 2.54. The van der Waals surface area contributed by atoms with Crippen molar-refractivity contribution in [1.82, 2.24) is 9.97 Å². The van der Waals surface area contributed by atoms with Crippen molar-refractivity contribution in [3.63, 3.8) is 0 Å². The van der Waals surface area contributed by atoms with Crippen LogP contribution in [-0.4, -0.2) is 14.9 Å². The Morgan fingerprint density at radius 2 is 2.16 bits per heavy atom. The molecule has 7 nitrogen and oxygen atoms in total. The zero-order valence-corrected chi connectivity index (χ0v) is 10.1. The van der Waals surface area contributed by atoms with Crippen molar-refractivity contribution < 1.29 is 4.92 Å². The number of hydrogen-bond acceptors (Lipinski definition) is 6. The summed E-state index contributed by atoms with van der Waals surface area (Å²) in [7, 11) is 0. The van der Waals surface area contributed by atoms with E-state index in [0.29, 0.717) is 10.1 Å². The van der Waals surface area contributed by atoms with E-state index in [1.54, 1.807) is 12.3 Å². The van der Waals surface area contributed by atoms with Crippen LogP contribution in [0.1, 0.15) is 11.1 Å². The Morgan fingerprint density at radius 3 is 2.68 bits per heavy atom. The standard InChI is InChI=1S/C11H5N5O2S/c12-5-7-3-8(16(17)18)4-10(9(7)6-13)19-11-14-1-2-15-11/h1-4H,(H,14,15). The number of nitrogens with zero attached hydrogens (tertiary/aromatic N) is 4. The van der Waals surface area contributed by atoms with E-state index in [2.05, 4.69) is 9.97 Å². The summed E-state index contributed by atoms with van der Waals surface area (Å²) in [5, 5.41) is 29.3. The maximum Gasteiger partial charge on any atom is 0.271 e. The maximum absolute atomic E-state index is 10.8. The molecule has 0 fully saturated rings. The van der Waals surface area contributed by atoms with Crippen molar-refractivity contribution in [3.8, 4) is 12.1 Å². The molecule has 0 spiro atoms. The van der Waals surface area contributed by atoms with Crippen LogP contribution in [0.2, 0.25) is 0 Å². The lowest BCUT2D eigenvalue weighted by atomic mass is 10.1. The molecule has 2 aromatic rings. The second-order valence-corrected chi connectivity index (χ2v) is 4.37. The molecule has 92 valence electrons. The summed E-state index contributed by atoms with van der Waals surface area (Å²) in [6.45, 7) is 0. The van der Waals surface area contributed by atoms with E-state index in [1.165, 1.54) is 12.3 Å². The van der Waals surface area contributed by atoms with E-state index >= 15 is 0 Å². The van der Waals surface area contributed by atoms with Crippen LogP contribution in [0.5, 0.6) is 0 Å². The normalized spacial score (nSPS) is 9.58. The highest BCUT2D eigenvalue weighted by Gasteiger charge is 2.18. The number of aromatic nitrogens is 2. The number of nitrogens with one attached hydrogen (secondary N) is 1. The van der Waals surface area contributed by atoms with Gasteiger partial charge in [0.1, 0.15) is 12.1 Å². The second kappa shape index (κ2) is 5.21. The predicted molar refractivity (Wildman–Crippen MR) is 65.2 cm³/mol. The van der Waals surface area contributed by atoms with Crippen molar-refractivity contribution >= 4 is 17.4 Å². The Bertz CT molecular complexity index is 712. The fourth-order valence-electron chi connectivity index (χ4n) is 1.40. The van der Waals surface area contributed by atoms with Crippen LogP contribution in [0, 0.1) is 32.8 Å². The molecule has 0 unspecified atom stereocenters. The number of nitriles is 2. The number of aromatic amines is 1. The monoisotopic (exact) mass is 271 g/mol. The summed E-state index contributed by atoms with van der Waals surface area (Å²) < 4.78 is 0. The molecule has 1 heterocycles. The maximum atomic E-state index is 10.8. The van der Waals surface area contributed by atoms with E-state index in [-0.39, 0.29) is 16.8 Å². The first-order valence-electron chi connectivity index (χ1n) is 4.95. The predicted octanol–water partition coefficient (Wildman–Crippen LogP) is 2.21. The Kier molecular flexibility index (Phi) is 3.46. The van der Waals surface area contributed by atoms with Gasteiger partial charge in [0.2, 0.25) is 0 Å². The van der Waals surface area contributed by atoms with Crippen LogP contribution in [0.4, 0.5) is 5.69 Å². The number of hydrogen-bond donors (Lipinski definition) is 1. The summed E-state index contributed by atoms with van der Waals surface area (Å²) in [6, 6.07) is 6.02. The molecule has 2 rings (SSSR count). The van der Waals surface area contributed by atoms with Gasteiger partial charge in [0.05, 0.1) is 16.1 Å².